The van der Waals surface area contributed by atoms with Crippen LogP contribution in [0.3, 0.4) is 0 Å². The van der Waals surface area contributed by atoms with Gasteiger partial charge in [0.1, 0.15) is 5.54 Å². The maximum atomic E-state index is 12.3. The van der Waals surface area contributed by atoms with Crippen LogP contribution in [0.4, 0.5) is 0 Å². The Morgan fingerprint density at radius 2 is 1.89 bits per heavy atom. The highest BCUT2D eigenvalue weighted by atomic mass is 16.2. The summed E-state index contributed by atoms with van der Waals surface area (Å²) in [5, 5.41) is 6.36. The SMILES string of the molecule is CN1C2CCC1CC1(C2)NC(=NC2CC2)NC1=O. The van der Waals surface area contributed by atoms with Crippen LogP contribution >= 0.6 is 0 Å². The predicted molar refractivity (Wildman–Crippen MR) is 68.3 cm³/mol. The third kappa shape index (κ3) is 1.49. The number of carbonyl (C=O) groups excluding carboxylic acids is 1. The van der Waals surface area contributed by atoms with E-state index in [9.17, 15) is 4.79 Å². The van der Waals surface area contributed by atoms with Gasteiger partial charge in [-0.05, 0) is 45.6 Å². The smallest absolute Gasteiger partial charge is 0.252 e. The van der Waals surface area contributed by atoms with Crippen LogP contribution in [0.2, 0.25) is 0 Å². The fourth-order valence-corrected chi connectivity index (χ4v) is 3.75. The maximum Gasteiger partial charge on any atom is 0.252 e. The van der Waals surface area contributed by atoms with Gasteiger partial charge in [-0.2, -0.15) is 0 Å². The number of nitrogens with one attached hydrogen (secondary N) is 2. The number of guanidine groups is 1. The second-order valence-corrected chi connectivity index (χ2v) is 6.33. The number of rotatable bonds is 1. The van der Waals surface area contributed by atoms with Crippen molar-refractivity contribution < 1.29 is 4.79 Å². The fraction of sp³-hybridized carbons (Fsp3) is 0.846. The van der Waals surface area contributed by atoms with Crippen LogP contribution in [0.15, 0.2) is 4.99 Å². The maximum absolute atomic E-state index is 12.3. The quantitative estimate of drug-likeness (QED) is 0.698. The molecule has 3 saturated heterocycles. The molecule has 4 rings (SSSR count). The summed E-state index contributed by atoms with van der Waals surface area (Å²) in [7, 11) is 2.20. The molecule has 2 N–H and O–H groups in total. The zero-order valence-electron chi connectivity index (χ0n) is 10.8. The van der Waals surface area contributed by atoms with Gasteiger partial charge in [0, 0.05) is 12.1 Å². The molecule has 1 amide bonds. The topological polar surface area (TPSA) is 56.7 Å². The van der Waals surface area contributed by atoms with Crippen molar-refractivity contribution in [1.29, 1.82) is 0 Å². The average Bonchev–Trinajstić information content (AvgIpc) is 3.04. The van der Waals surface area contributed by atoms with Gasteiger partial charge in [-0.25, -0.2) is 4.99 Å². The second-order valence-electron chi connectivity index (χ2n) is 6.33. The van der Waals surface area contributed by atoms with Crippen molar-refractivity contribution in [3.05, 3.63) is 0 Å². The van der Waals surface area contributed by atoms with E-state index >= 15 is 0 Å². The number of aliphatic imine (C=N–C) groups is 1. The van der Waals surface area contributed by atoms with Crippen molar-refractivity contribution in [2.45, 2.75) is 62.2 Å². The van der Waals surface area contributed by atoms with Crippen LogP contribution in [-0.2, 0) is 4.79 Å². The molecule has 98 valence electrons. The number of amides is 1. The summed E-state index contributed by atoms with van der Waals surface area (Å²) in [6.45, 7) is 0. The number of fused-ring (bicyclic) bond motifs is 2. The van der Waals surface area contributed by atoms with E-state index in [-0.39, 0.29) is 11.4 Å². The normalized spacial score (nSPS) is 45.6. The Morgan fingerprint density at radius 1 is 1.22 bits per heavy atom. The van der Waals surface area contributed by atoms with Gasteiger partial charge in [-0.15, -0.1) is 0 Å². The van der Waals surface area contributed by atoms with Crippen LogP contribution in [0.1, 0.15) is 38.5 Å². The molecule has 4 fully saturated rings. The van der Waals surface area contributed by atoms with E-state index in [4.69, 9.17) is 0 Å². The standard InChI is InChI=1S/C13H20N4O/c1-17-9-4-5-10(17)7-13(6-9)11(18)15-12(16-13)14-8-2-3-8/h8-10H,2-7H2,1H3,(H2,14,15,16,18). The third-order valence-electron chi connectivity index (χ3n) is 5.04. The molecule has 0 aromatic rings. The number of piperidine rings is 1. The Kier molecular flexibility index (Phi) is 2.08. The summed E-state index contributed by atoms with van der Waals surface area (Å²) in [6, 6.07) is 1.57. The lowest BCUT2D eigenvalue weighted by Gasteiger charge is -2.41. The molecule has 3 heterocycles. The lowest BCUT2D eigenvalue weighted by Crippen LogP contribution is -2.58. The van der Waals surface area contributed by atoms with Gasteiger partial charge in [-0.1, -0.05) is 0 Å². The van der Waals surface area contributed by atoms with Gasteiger partial charge in [0.2, 0.25) is 0 Å². The largest absolute Gasteiger partial charge is 0.341 e. The molecule has 1 aliphatic carbocycles. The van der Waals surface area contributed by atoms with Gasteiger partial charge in [0.15, 0.2) is 5.96 Å². The van der Waals surface area contributed by atoms with Gasteiger partial charge in [0.25, 0.3) is 5.91 Å². The van der Waals surface area contributed by atoms with Crippen LogP contribution in [0.5, 0.6) is 0 Å². The first-order valence-electron chi connectivity index (χ1n) is 7.06. The molecule has 0 radical (unpaired) electrons. The molecule has 4 aliphatic rings. The fourth-order valence-electron chi connectivity index (χ4n) is 3.75. The van der Waals surface area contributed by atoms with E-state index in [0.29, 0.717) is 18.1 Å². The second kappa shape index (κ2) is 3.47. The summed E-state index contributed by atoms with van der Waals surface area (Å²) in [4.78, 5) is 19.3. The minimum atomic E-state index is -0.369. The van der Waals surface area contributed by atoms with Crippen LogP contribution in [0, 0.1) is 0 Å². The summed E-state index contributed by atoms with van der Waals surface area (Å²) >= 11 is 0. The monoisotopic (exact) mass is 248 g/mol. The molecule has 2 unspecified atom stereocenters. The Labute approximate surface area is 107 Å². The summed E-state index contributed by atoms with van der Waals surface area (Å²) in [5.41, 5.74) is -0.369. The van der Waals surface area contributed by atoms with E-state index in [1.807, 2.05) is 0 Å². The van der Waals surface area contributed by atoms with Crippen LogP contribution in [-0.4, -0.2) is 47.5 Å². The van der Waals surface area contributed by atoms with Crippen molar-refractivity contribution in [2.75, 3.05) is 7.05 Å². The molecule has 1 saturated carbocycles. The first-order chi connectivity index (χ1) is 8.66. The van der Waals surface area contributed by atoms with Gasteiger partial charge >= 0.3 is 0 Å². The van der Waals surface area contributed by atoms with Crippen LogP contribution in [0.25, 0.3) is 0 Å². The first-order valence-corrected chi connectivity index (χ1v) is 7.06. The molecule has 1 spiro atoms. The van der Waals surface area contributed by atoms with Gasteiger partial charge in [-0.3, -0.25) is 10.1 Å². The minimum absolute atomic E-state index is 0.145. The zero-order chi connectivity index (χ0) is 12.3. The van der Waals surface area contributed by atoms with Crippen molar-refractivity contribution in [2.24, 2.45) is 4.99 Å². The molecule has 5 nitrogen and oxygen atoms in total. The highest BCUT2D eigenvalue weighted by Crippen LogP contribution is 2.41. The molecule has 0 aromatic carbocycles. The Hall–Kier alpha value is -1.10. The van der Waals surface area contributed by atoms with Crippen LogP contribution < -0.4 is 10.6 Å². The van der Waals surface area contributed by atoms with E-state index in [1.165, 1.54) is 25.7 Å². The highest BCUT2D eigenvalue weighted by Gasteiger charge is 2.54. The van der Waals surface area contributed by atoms with E-state index in [0.717, 1.165) is 18.8 Å². The first kappa shape index (κ1) is 10.8. The van der Waals surface area contributed by atoms with E-state index in [2.05, 4.69) is 27.6 Å². The average molecular weight is 248 g/mol. The molecule has 3 aliphatic heterocycles. The molecular weight excluding hydrogens is 228 g/mol. The summed E-state index contributed by atoms with van der Waals surface area (Å²) in [6.07, 6.45) is 6.65. The van der Waals surface area contributed by atoms with E-state index in [1.54, 1.807) is 0 Å². The predicted octanol–water partition coefficient (Wildman–Crippen LogP) is 0.220. The Bertz CT molecular complexity index is 415. The number of hydrogen-bond donors (Lipinski definition) is 2. The summed E-state index contributed by atoms with van der Waals surface area (Å²) in [5.74, 6) is 0.873. The molecule has 0 aromatic heterocycles. The van der Waals surface area contributed by atoms with Gasteiger partial charge < -0.3 is 10.2 Å². The number of carbonyl (C=O) groups is 1. The lowest BCUT2D eigenvalue weighted by atomic mass is 9.83. The van der Waals surface area contributed by atoms with Crippen molar-refractivity contribution in [3.8, 4) is 0 Å². The van der Waals surface area contributed by atoms with Crippen molar-refractivity contribution >= 4 is 11.9 Å². The van der Waals surface area contributed by atoms with Gasteiger partial charge in [0.05, 0.1) is 6.04 Å². The molecule has 18 heavy (non-hydrogen) atoms. The Balaban J connectivity index is 1.59. The zero-order valence-corrected chi connectivity index (χ0v) is 10.8. The lowest BCUT2D eigenvalue weighted by molar-refractivity contribution is -0.126. The van der Waals surface area contributed by atoms with E-state index < -0.39 is 0 Å². The molecule has 2 bridgehead atoms. The minimum Gasteiger partial charge on any atom is -0.341 e. The molecular formula is C13H20N4O. The van der Waals surface area contributed by atoms with Crippen molar-refractivity contribution in [3.63, 3.8) is 0 Å². The van der Waals surface area contributed by atoms with Crippen molar-refractivity contribution in [1.82, 2.24) is 15.5 Å². The Morgan fingerprint density at radius 3 is 2.50 bits per heavy atom. The summed E-state index contributed by atoms with van der Waals surface area (Å²) < 4.78 is 0. The third-order valence-corrected chi connectivity index (χ3v) is 5.04. The number of nitrogens with zero attached hydrogens (tertiary/aromatic N) is 2. The highest BCUT2D eigenvalue weighted by molar-refractivity contribution is 6.09. The number of hydrogen-bond acceptors (Lipinski definition) is 3. The molecule has 5 heteroatoms. The molecule has 2 atom stereocenters.